The van der Waals surface area contributed by atoms with Crippen LogP contribution in [0, 0.1) is 22.8 Å². The van der Waals surface area contributed by atoms with Crippen molar-refractivity contribution in [3.8, 4) is 6.19 Å². The molecule has 0 aromatic carbocycles. The number of hydrogen-bond donors (Lipinski definition) is 2. The molecule has 0 radical (unpaired) electrons. The van der Waals surface area contributed by atoms with Gasteiger partial charge in [0.2, 0.25) is 0 Å². The lowest BCUT2D eigenvalue weighted by molar-refractivity contribution is -0.224. The third kappa shape index (κ3) is 1.14. The van der Waals surface area contributed by atoms with Gasteiger partial charge in [0.15, 0.2) is 6.19 Å². The molecule has 2 aliphatic rings. The Hall–Kier alpha value is -1.12. The highest BCUT2D eigenvalue weighted by molar-refractivity contribution is 5.90. The maximum atomic E-state index is 11.9. The summed E-state index contributed by atoms with van der Waals surface area (Å²) in [6.07, 6.45) is 3.51. The van der Waals surface area contributed by atoms with Crippen molar-refractivity contribution in [3.63, 3.8) is 0 Å². The molecule has 2 rings (SSSR count). The number of nitrogens with zero attached hydrogens (tertiary/aromatic N) is 1. The first kappa shape index (κ1) is 11.4. The highest BCUT2D eigenvalue weighted by atomic mass is 16.5. The number of nitrogens with two attached hydrogens (primary N) is 1. The molecule has 16 heavy (non-hydrogen) atoms. The number of ether oxygens (including phenoxy) is 1. The predicted molar refractivity (Wildman–Crippen MR) is 56.9 cm³/mol. The SMILES string of the molecule is CC1(C)C2OCCCC2C1(N)C(=O)NC#N. The van der Waals surface area contributed by atoms with Crippen molar-refractivity contribution in [1.82, 2.24) is 5.32 Å². The molecule has 0 aromatic heterocycles. The van der Waals surface area contributed by atoms with E-state index < -0.39 is 11.0 Å². The smallest absolute Gasteiger partial charge is 0.254 e. The first-order chi connectivity index (χ1) is 7.46. The van der Waals surface area contributed by atoms with E-state index in [-0.39, 0.29) is 17.9 Å². The van der Waals surface area contributed by atoms with Crippen LogP contribution in [0.25, 0.3) is 0 Å². The van der Waals surface area contributed by atoms with Gasteiger partial charge >= 0.3 is 0 Å². The fraction of sp³-hybridized carbons (Fsp3) is 0.818. The van der Waals surface area contributed by atoms with Crippen LogP contribution in [0.1, 0.15) is 26.7 Å². The molecule has 1 saturated carbocycles. The number of nitrogens with one attached hydrogen (secondary N) is 1. The van der Waals surface area contributed by atoms with Crippen molar-refractivity contribution in [2.75, 3.05) is 6.61 Å². The number of carbonyl (C=O) groups excluding carboxylic acids is 1. The maximum Gasteiger partial charge on any atom is 0.254 e. The van der Waals surface area contributed by atoms with Crippen LogP contribution in [-0.4, -0.2) is 24.2 Å². The summed E-state index contributed by atoms with van der Waals surface area (Å²) in [7, 11) is 0. The lowest BCUT2D eigenvalue weighted by Crippen LogP contribution is -2.82. The van der Waals surface area contributed by atoms with Crippen LogP contribution in [0.4, 0.5) is 0 Å². The molecule has 88 valence electrons. The molecule has 3 N–H and O–H groups in total. The average Bonchev–Trinajstić information content (AvgIpc) is 2.28. The Balaban J connectivity index is 2.26. The van der Waals surface area contributed by atoms with E-state index in [0.717, 1.165) is 19.4 Å². The van der Waals surface area contributed by atoms with Crippen molar-refractivity contribution < 1.29 is 9.53 Å². The summed E-state index contributed by atoms with van der Waals surface area (Å²) < 4.78 is 5.67. The quantitative estimate of drug-likeness (QED) is 0.488. The summed E-state index contributed by atoms with van der Waals surface area (Å²) in [5.74, 6) is -0.351. The van der Waals surface area contributed by atoms with Gasteiger partial charge in [-0.25, -0.2) is 0 Å². The van der Waals surface area contributed by atoms with Crippen LogP contribution in [0.15, 0.2) is 0 Å². The van der Waals surface area contributed by atoms with E-state index in [0.29, 0.717) is 0 Å². The zero-order chi connectivity index (χ0) is 12.0. The van der Waals surface area contributed by atoms with E-state index >= 15 is 0 Å². The minimum atomic E-state index is -0.978. The third-order valence-corrected chi connectivity index (χ3v) is 4.23. The molecule has 2 fully saturated rings. The molecule has 1 amide bonds. The molecule has 1 aliphatic carbocycles. The van der Waals surface area contributed by atoms with Crippen molar-refractivity contribution in [3.05, 3.63) is 0 Å². The van der Waals surface area contributed by atoms with E-state index in [1.54, 1.807) is 6.19 Å². The monoisotopic (exact) mass is 223 g/mol. The van der Waals surface area contributed by atoms with Crippen LogP contribution in [0.5, 0.6) is 0 Å². The van der Waals surface area contributed by atoms with Gasteiger partial charge in [-0.05, 0) is 12.8 Å². The fourth-order valence-electron chi connectivity index (χ4n) is 3.19. The minimum absolute atomic E-state index is 0.0320. The number of carbonyl (C=O) groups is 1. The van der Waals surface area contributed by atoms with Crippen LogP contribution >= 0.6 is 0 Å². The number of hydrogen-bond acceptors (Lipinski definition) is 4. The normalized spacial score (nSPS) is 40.1. The molecule has 0 spiro atoms. The van der Waals surface area contributed by atoms with E-state index in [1.807, 2.05) is 13.8 Å². The zero-order valence-corrected chi connectivity index (χ0v) is 9.62. The summed E-state index contributed by atoms with van der Waals surface area (Å²) >= 11 is 0. The lowest BCUT2D eigenvalue weighted by atomic mass is 9.46. The Kier molecular flexibility index (Phi) is 2.44. The highest BCUT2D eigenvalue weighted by Crippen LogP contribution is 2.57. The molecular formula is C11H17N3O2. The Morgan fingerprint density at radius 1 is 1.62 bits per heavy atom. The Morgan fingerprint density at radius 2 is 2.31 bits per heavy atom. The van der Waals surface area contributed by atoms with Crippen LogP contribution < -0.4 is 11.1 Å². The van der Waals surface area contributed by atoms with Gasteiger partial charge in [-0.3, -0.25) is 10.1 Å². The molecule has 5 heteroatoms. The fourth-order valence-corrected chi connectivity index (χ4v) is 3.19. The summed E-state index contributed by atoms with van der Waals surface area (Å²) in [4.78, 5) is 11.9. The largest absolute Gasteiger partial charge is 0.377 e. The van der Waals surface area contributed by atoms with Crippen molar-refractivity contribution in [1.29, 1.82) is 5.26 Å². The molecule has 0 aromatic rings. The van der Waals surface area contributed by atoms with Gasteiger partial charge in [-0.1, -0.05) is 13.8 Å². The first-order valence-electron chi connectivity index (χ1n) is 5.56. The summed E-state index contributed by atoms with van der Waals surface area (Å²) in [6.45, 7) is 4.59. The van der Waals surface area contributed by atoms with Crippen LogP contribution in [-0.2, 0) is 9.53 Å². The molecule has 1 aliphatic heterocycles. The molecular weight excluding hydrogens is 206 g/mol. The first-order valence-corrected chi connectivity index (χ1v) is 5.56. The molecule has 1 heterocycles. The van der Waals surface area contributed by atoms with Gasteiger partial charge in [0, 0.05) is 17.9 Å². The lowest BCUT2D eigenvalue weighted by Gasteiger charge is -2.64. The second-order valence-corrected chi connectivity index (χ2v) is 5.20. The summed E-state index contributed by atoms with van der Waals surface area (Å²) in [5.41, 5.74) is 4.83. The number of nitriles is 1. The van der Waals surface area contributed by atoms with Gasteiger partial charge in [0.1, 0.15) is 5.54 Å². The number of fused-ring (bicyclic) bond motifs is 1. The zero-order valence-electron chi connectivity index (χ0n) is 9.62. The number of rotatable bonds is 1. The van der Waals surface area contributed by atoms with E-state index in [2.05, 4.69) is 5.32 Å². The van der Waals surface area contributed by atoms with Crippen LogP contribution in [0.3, 0.4) is 0 Å². The predicted octanol–water partition coefficient (Wildman–Crippen LogP) is 0.116. The highest BCUT2D eigenvalue weighted by Gasteiger charge is 2.70. The minimum Gasteiger partial charge on any atom is -0.377 e. The molecule has 1 saturated heterocycles. The van der Waals surface area contributed by atoms with Gasteiger partial charge in [-0.2, -0.15) is 5.26 Å². The topological polar surface area (TPSA) is 88.1 Å². The van der Waals surface area contributed by atoms with Crippen LogP contribution in [0.2, 0.25) is 0 Å². The second-order valence-electron chi connectivity index (χ2n) is 5.20. The molecule has 3 atom stereocenters. The summed E-state index contributed by atoms with van der Waals surface area (Å²) in [6, 6.07) is 0. The second kappa shape index (κ2) is 3.44. The van der Waals surface area contributed by atoms with Crippen molar-refractivity contribution in [2.24, 2.45) is 17.1 Å². The van der Waals surface area contributed by atoms with Crippen molar-refractivity contribution in [2.45, 2.75) is 38.3 Å². The molecule has 0 bridgehead atoms. The Labute approximate surface area is 94.9 Å². The van der Waals surface area contributed by atoms with E-state index in [1.165, 1.54) is 0 Å². The Bertz CT molecular complexity index is 361. The maximum absolute atomic E-state index is 11.9. The third-order valence-electron chi connectivity index (χ3n) is 4.23. The number of amides is 1. The van der Waals surface area contributed by atoms with Gasteiger partial charge in [0.05, 0.1) is 6.10 Å². The summed E-state index contributed by atoms with van der Waals surface area (Å²) in [5, 5.41) is 10.7. The van der Waals surface area contributed by atoms with Gasteiger partial charge < -0.3 is 10.5 Å². The van der Waals surface area contributed by atoms with Gasteiger partial charge in [-0.15, -0.1) is 0 Å². The standard InChI is InChI=1S/C11H17N3O2/c1-10(2)8-7(4-3-5-16-8)11(10,13)9(15)14-6-12/h7-8H,3-5,13H2,1-2H3,(H,14,15). The van der Waals surface area contributed by atoms with E-state index in [9.17, 15) is 4.79 Å². The van der Waals surface area contributed by atoms with Gasteiger partial charge in [0.25, 0.3) is 5.91 Å². The molecule has 3 unspecified atom stereocenters. The average molecular weight is 223 g/mol. The Morgan fingerprint density at radius 3 is 2.94 bits per heavy atom. The van der Waals surface area contributed by atoms with E-state index in [4.69, 9.17) is 15.7 Å². The van der Waals surface area contributed by atoms with Crippen molar-refractivity contribution >= 4 is 5.91 Å². The molecule has 5 nitrogen and oxygen atoms in total.